The molecule has 1 N–H and O–H groups in total. The fourth-order valence-corrected chi connectivity index (χ4v) is 3.51. The monoisotopic (exact) mass is 345 g/mol. The van der Waals surface area contributed by atoms with Gasteiger partial charge in [0, 0.05) is 35.4 Å². The Kier molecular flexibility index (Phi) is 5.78. The van der Waals surface area contributed by atoms with Crippen molar-refractivity contribution in [3.63, 3.8) is 0 Å². The third-order valence-electron chi connectivity index (χ3n) is 3.42. The van der Waals surface area contributed by atoms with Gasteiger partial charge in [0.15, 0.2) is 5.13 Å². The standard InChI is InChI=1S/C13H20BrN3OS/c1-10-4-2-3-7-17(10)9-11-8-15-13(19-11)16-12(18)5-6-14/h8,10H,2-7,9H2,1H3,(H,15,16,18). The zero-order valence-corrected chi connectivity index (χ0v) is 13.6. The van der Waals surface area contributed by atoms with E-state index in [-0.39, 0.29) is 5.91 Å². The largest absolute Gasteiger partial charge is 0.302 e. The van der Waals surface area contributed by atoms with Gasteiger partial charge in [-0.3, -0.25) is 9.69 Å². The Labute approximate surface area is 126 Å². The van der Waals surface area contributed by atoms with E-state index in [1.807, 2.05) is 6.20 Å². The van der Waals surface area contributed by atoms with Crippen molar-refractivity contribution >= 4 is 38.3 Å². The molecule has 0 radical (unpaired) electrons. The number of thiazole rings is 1. The predicted molar refractivity (Wildman–Crippen MR) is 82.9 cm³/mol. The van der Waals surface area contributed by atoms with Gasteiger partial charge in [-0.25, -0.2) is 4.98 Å². The molecule has 1 saturated heterocycles. The SMILES string of the molecule is CC1CCCCN1Cc1cnc(NC(=O)CCBr)s1. The Hall–Kier alpha value is -0.460. The van der Waals surface area contributed by atoms with E-state index in [1.54, 1.807) is 11.3 Å². The van der Waals surface area contributed by atoms with Crippen LogP contribution in [0.2, 0.25) is 0 Å². The molecule has 1 amide bonds. The number of likely N-dealkylation sites (tertiary alicyclic amines) is 1. The van der Waals surface area contributed by atoms with Gasteiger partial charge in [0.05, 0.1) is 0 Å². The summed E-state index contributed by atoms with van der Waals surface area (Å²) in [6.07, 6.45) is 6.29. The van der Waals surface area contributed by atoms with Crippen LogP contribution >= 0.6 is 27.3 Å². The summed E-state index contributed by atoms with van der Waals surface area (Å²) in [5, 5.41) is 4.23. The van der Waals surface area contributed by atoms with Crippen molar-refractivity contribution in [2.75, 3.05) is 17.2 Å². The molecule has 1 aliphatic heterocycles. The van der Waals surface area contributed by atoms with E-state index in [4.69, 9.17) is 0 Å². The van der Waals surface area contributed by atoms with Gasteiger partial charge in [0.1, 0.15) is 0 Å². The highest BCUT2D eigenvalue weighted by atomic mass is 79.9. The molecular formula is C13H20BrN3OS. The van der Waals surface area contributed by atoms with E-state index in [9.17, 15) is 4.79 Å². The fourth-order valence-electron chi connectivity index (χ4n) is 2.30. The average Bonchev–Trinajstić information content (AvgIpc) is 2.80. The van der Waals surface area contributed by atoms with Crippen LogP contribution in [0.4, 0.5) is 5.13 Å². The number of rotatable bonds is 5. The van der Waals surface area contributed by atoms with Crippen molar-refractivity contribution in [2.45, 2.75) is 45.2 Å². The highest BCUT2D eigenvalue weighted by Crippen LogP contribution is 2.24. The summed E-state index contributed by atoms with van der Waals surface area (Å²) in [6.45, 7) is 4.41. The maximum Gasteiger partial charge on any atom is 0.226 e. The minimum atomic E-state index is 0.0177. The number of aromatic nitrogens is 1. The van der Waals surface area contributed by atoms with Crippen LogP contribution in [0.1, 0.15) is 37.5 Å². The number of anilines is 1. The van der Waals surface area contributed by atoms with Crippen LogP contribution in [0, 0.1) is 0 Å². The molecule has 4 nitrogen and oxygen atoms in total. The van der Waals surface area contributed by atoms with Crippen LogP contribution in [0.15, 0.2) is 6.20 Å². The lowest BCUT2D eigenvalue weighted by atomic mass is 10.0. The Morgan fingerprint density at radius 3 is 3.21 bits per heavy atom. The molecule has 2 heterocycles. The molecule has 1 unspecified atom stereocenters. The zero-order valence-electron chi connectivity index (χ0n) is 11.2. The van der Waals surface area contributed by atoms with Gasteiger partial charge < -0.3 is 5.32 Å². The minimum absolute atomic E-state index is 0.0177. The van der Waals surface area contributed by atoms with E-state index in [0.717, 1.165) is 6.54 Å². The van der Waals surface area contributed by atoms with Crippen molar-refractivity contribution in [3.8, 4) is 0 Å². The molecule has 19 heavy (non-hydrogen) atoms. The van der Waals surface area contributed by atoms with Crippen LogP contribution in [0.3, 0.4) is 0 Å². The summed E-state index contributed by atoms with van der Waals surface area (Å²) in [4.78, 5) is 19.5. The molecule has 2 rings (SSSR count). The second-order valence-corrected chi connectivity index (χ2v) is 6.84. The van der Waals surface area contributed by atoms with Crippen molar-refractivity contribution in [1.29, 1.82) is 0 Å². The Morgan fingerprint density at radius 1 is 1.63 bits per heavy atom. The summed E-state index contributed by atoms with van der Waals surface area (Å²) in [6, 6.07) is 0.655. The van der Waals surface area contributed by atoms with E-state index >= 15 is 0 Å². The third kappa shape index (κ3) is 4.54. The molecule has 0 aromatic carbocycles. The Balaban J connectivity index is 1.88. The summed E-state index contributed by atoms with van der Waals surface area (Å²) in [7, 11) is 0. The lowest BCUT2D eigenvalue weighted by molar-refractivity contribution is -0.115. The van der Waals surface area contributed by atoms with E-state index in [0.29, 0.717) is 22.9 Å². The van der Waals surface area contributed by atoms with Crippen LogP contribution in [-0.2, 0) is 11.3 Å². The smallest absolute Gasteiger partial charge is 0.226 e. The molecule has 1 aromatic heterocycles. The number of alkyl halides is 1. The van der Waals surface area contributed by atoms with Crippen LogP contribution in [-0.4, -0.2) is 33.7 Å². The molecule has 0 saturated carbocycles. The summed E-state index contributed by atoms with van der Waals surface area (Å²) in [5.74, 6) is 0.0177. The molecule has 1 atom stereocenters. The molecule has 0 bridgehead atoms. The summed E-state index contributed by atoms with van der Waals surface area (Å²) >= 11 is 4.84. The molecule has 0 aliphatic carbocycles. The van der Waals surface area contributed by atoms with Crippen LogP contribution in [0.25, 0.3) is 0 Å². The normalized spacial score (nSPS) is 20.4. The van der Waals surface area contributed by atoms with E-state index in [2.05, 4.69) is 38.1 Å². The number of carbonyl (C=O) groups excluding carboxylic acids is 1. The maximum atomic E-state index is 11.5. The molecular weight excluding hydrogens is 326 g/mol. The van der Waals surface area contributed by atoms with Crippen molar-refractivity contribution in [2.24, 2.45) is 0 Å². The topological polar surface area (TPSA) is 45.2 Å². The minimum Gasteiger partial charge on any atom is -0.302 e. The first-order chi connectivity index (χ1) is 9.19. The first kappa shape index (κ1) is 14.9. The lowest BCUT2D eigenvalue weighted by Crippen LogP contribution is -2.36. The van der Waals surface area contributed by atoms with Gasteiger partial charge in [-0.1, -0.05) is 22.4 Å². The van der Waals surface area contributed by atoms with Gasteiger partial charge in [-0.2, -0.15) is 0 Å². The quantitative estimate of drug-likeness (QED) is 0.833. The van der Waals surface area contributed by atoms with Crippen LogP contribution in [0.5, 0.6) is 0 Å². The van der Waals surface area contributed by atoms with E-state index < -0.39 is 0 Å². The van der Waals surface area contributed by atoms with Gasteiger partial charge in [0.25, 0.3) is 0 Å². The Morgan fingerprint density at radius 2 is 2.47 bits per heavy atom. The zero-order chi connectivity index (χ0) is 13.7. The van der Waals surface area contributed by atoms with Gasteiger partial charge in [0.2, 0.25) is 5.91 Å². The van der Waals surface area contributed by atoms with Gasteiger partial charge in [-0.15, -0.1) is 11.3 Å². The summed E-state index contributed by atoms with van der Waals surface area (Å²) < 4.78 is 0. The molecule has 1 fully saturated rings. The second kappa shape index (κ2) is 7.36. The second-order valence-electron chi connectivity index (χ2n) is 4.93. The number of hydrogen-bond donors (Lipinski definition) is 1. The lowest BCUT2D eigenvalue weighted by Gasteiger charge is -2.32. The van der Waals surface area contributed by atoms with Crippen molar-refractivity contribution < 1.29 is 4.79 Å². The number of halogens is 1. The number of hydrogen-bond acceptors (Lipinski definition) is 4. The van der Waals surface area contributed by atoms with Gasteiger partial charge in [-0.05, 0) is 26.3 Å². The van der Waals surface area contributed by atoms with Gasteiger partial charge >= 0.3 is 0 Å². The molecule has 0 spiro atoms. The highest BCUT2D eigenvalue weighted by Gasteiger charge is 2.19. The highest BCUT2D eigenvalue weighted by molar-refractivity contribution is 9.09. The Bertz CT molecular complexity index is 424. The molecule has 6 heteroatoms. The fraction of sp³-hybridized carbons (Fsp3) is 0.692. The number of nitrogens with one attached hydrogen (secondary N) is 1. The van der Waals surface area contributed by atoms with Crippen molar-refractivity contribution in [3.05, 3.63) is 11.1 Å². The summed E-state index contributed by atoms with van der Waals surface area (Å²) in [5.41, 5.74) is 0. The van der Waals surface area contributed by atoms with Crippen LogP contribution < -0.4 is 5.32 Å². The number of carbonyl (C=O) groups is 1. The maximum absolute atomic E-state index is 11.5. The number of piperidine rings is 1. The van der Waals surface area contributed by atoms with Crippen molar-refractivity contribution in [1.82, 2.24) is 9.88 Å². The number of amides is 1. The molecule has 106 valence electrons. The average molecular weight is 346 g/mol. The number of nitrogens with zero attached hydrogens (tertiary/aromatic N) is 2. The third-order valence-corrected chi connectivity index (χ3v) is 4.71. The first-order valence-electron chi connectivity index (χ1n) is 6.73. The predicted octanol–water partition coefficient (Wildman–Crippen LogP) is 3.24. The molecule has 1 aromatic rings. The molecule has 1 aliphatic rings. The van der Waals surface area contributed by atoms with E-state index in [1.165, 1.54) is 30.7 Å². The first-order valence-corrected chi connectivity index (χ1v) is 8.67.